The van der Waals surface area contributed by atoms with Crippen LogP contribution in [0.1, 0.15) is 29.6 Å². The summed E-state index contributed by atoms with van der Waals surface area (Å²) >= 11 is 0. The first-order chi connectivity index (χ1) is 13.0. The number of anilines is 2. The topological polar surface area (TPSA) is 58.6 Å². The Kier molecular flexibility index (Phi) is 6.01. The number of hydrogen-bond donors (Lipinski definition) is 1. The Morgan fingerprint density at radius 3 is 2.22 bits per heavy atom. The van der Waals surface area contributed by atoms with E-state index in [1.807, 2.05) is 12.1 Å². The van der Waals surface area contributed by atoms with Gasteiger partial charge in [0.25, 0.3) is 5.91 Å². The summed E-state index contributed by atoms with van der Waals surface area (Å²) in [6.45, 7) is 1.51. The molecule has 2 aromatic carbocycles. The fourth-order valence-corrected chi connectivity index (χ4v) is 2.99. The monoisotopic (exact) mass is 374 g/mol. The predicted molar refractivity (Wildman–Crippen MR) is 97.8 cm³/mol. The lowest BCUT2D eigenvalue weighted by Crippen LogP contribution is -2.29. The minimum absolute atomic E-state index is 0.286. The maximum absolute atomic E-state index is 13.1. The van der Waals surface area contributed by atoms with Gasteiger partial charge in [-0.05, 0) is 55.7 Å². The maximum atomic E-state index is 13.1. The average molecular weight is 374 g/mol. The van der Waals surface area contributed by atoms with Gasteiger partial charge in [0.1, 0.15) is 11.6 Å². The number of halogens is 2. The summed E-state index contributed by atoms with van der Waals surface area (Å²) in [5, 5.41) is 2.62. The number of esters is 1. The zero-order valence-electron chi connectivity index (χ0n) is 14.7. The Balaban J connectivity index is 1.50. The van der Waals surface area contributed by atoms with E-state index in [2.05, 4.69) is 10.2 Å². The average Bonchev–Trinajstić information content (AvgIpc) is 2.66. The fraction of sp³-hybridized carbons (Fsp3) is 0.300. The van der Waals surface area contributed by atoms with Crippen molar-refractivity contribution in [3.05, 3.63) is 59.7 Å². The van der Waals surface area contributed by atoms with Crippen LogP contribution in [0.4, 0.5) is 20.2 Å². The molecule has 5 nitrogen and oxygen atoms in total. The molecule has 1 heterocycles. The van der Waals surface area contributed by atoms with Crippen LogP contribution >= 0.6 is 0 Å². The van der Waals surface area contributed by atoms with Crippen LogP contribution in [-0.4, -0.2) is 31.6 Å². The Labute approximate surface area is 155 Å². The van der Waals surface area contributed by atoms with Crippen molar-refractivity contribution < 1.29 is 23.1 Å². The third-order valence-electron chi connectivity index (χ3n) is 4.30. The maximum Gasteiger partial charge on any atom is 0.338 e. The van der Waals surface area contributed by atoms with E-state index in [-0.39, 0.29) is 5.56 Å². The number of carbonyl (C=O) groups is 2. The van der Waals surface area contributed by atoms with Gasteiger partial charge in [-0.1, -0.05) is 0 Å². The number of nitrogens with one attached hydrogen (secondary N) is 1. The van der Waals surface area contributed by atoms with Crippen molar-refractivity contribution in [2.24, 2.45) is 0 Å². The van der Waals surface area contributed by atoms with E-state index in [4.69, 9.17) is 4.74 Å². The molecule has 1 N–H and O–H groups in total. The van der Waals surface area contributed by atoms with Gasteiger partial charge >= 0.3 is 5.97 Å². The number of ether oxygens (including phenoxy) is 1. The van der Waals surface area contributed by atoms with Crippen LogP contribution in [0, 0.1) is 11.6 Å². The lowest BCUT2D eigenvalue weighted by atomic mass is 10.1. The number of hydrogen-bond acceptors (Lipinski definition) is 4. The van der Waals surface area contributed by atoms with Crippen molar-refractivity contribution in [1.82, 2.24) is 0 Å². The first kappa shape index (κ1) is 18.8. The van der Waals surface area contributed by atoms with Gasteiger partial charge in [-0.3, -0.25) is 4.79 Å². The van der Waals surface area contributed by atoms with Crippen LogP contribution < -0.4 is 10.2 Å². The van der Waals surface area contributed by atoms with Crippen LogP contribution in [0.15, 0.2) is 42.5 Å². The summed E-state index contributed by atoms with van der Waals surface area (Å²) in [5.74, 6) is -3.28. The molecule has 1 aliphatic heterocycles. The van der Waals surface area contributed by atoms with Crippen molar-refractivity contribution in [1.29, 1.82) is 0 Å². The zero-order chi connectivity index (χ0) is 19.2. The molecule has 2 aromatic rings. The largest absolute Gasteiger partial charge is 0.452 e. The number of amides is 1. The molecule has 0 atom stereocenters. The van der Waals surface area contributed by atoms with Crippen LogP contribution in [0.25, 0.3) is 0 Å². The number of nitrogens with zero attached hydrogens (tertiary/aromatic N) is 1. The Morgan fingerprint density at radius 2 is 1.59 bits per heavy atom. The molecular weight excluding hydrogens is 354 g/mol. The number of piperidine rings is 1. The van der Waals surface area contributed by atoms with Crippen molar-refractivity contribution in [2.45, 2.75) is 19.3 Å². The minimum atomic E-state index is -0.969. The van der Waals surface area contributed by atoms with Gasteiger partial charge in [-0.15, -0.1) is 0 Å². The molecule has 0 bridgehead atoms. The molecule has 1 aliphatic rings. The highest BCUT2D eigenvalue weighted by Gasteiger charge is 2.14. The van der Waals surface area contributed by atoms with Gasteiger partial charge in [0.15, 0.2) is 6.61 Å². The summed E-state index contributed by atoms with van der Waals surface area (Å²) in [4.78, 5) is 26.0. The van der Waals surface area contributed by atoms with Gasteiger partial charge in [0.2, 0.25) is 0 Å². The third kappa shape index (κ3) is 5.26. The third-order valence-corrected chi connectivity index (χ3v) is 4.30. The van der Waals surface area contributed by atoms with E-state index in [0.29, 0.717) is 11.8 Å². The molecule has 3 rings (SSSR count). The summed E-state index contributed by atoms with van der Waals surface area (Å²) in [5.41, 5.74) is 1.40. The SMILES string of the molecule is O=C(COC(=O)c1cc(F)cc(F)c1)Nc1ccc(N2CCCCC2)cc1. The molecule has 7 heteroatoms. The van der Waals surface area contributed by atoms with Crippen LogP contribution in [0.3, 0.4) is 0 Å². The predicted octanol–water partition coefficient (Wildman–Crippen LogP) is 3.75. The van der Waals surface area contributed by atoms with Gasteiger partial charge in [0, 0.05) is 30.5 Å². The van der Waals surface area contributed by atoms with Crippen molar-refractivity contribution >= 4 is 23.3 Å². The van der Waals surface area contributed by atoms with E-state index in [1.165, 1.54) is 19.3 Å². The number of rotatable bonds is 5. The smallest absolute Gasteiger partial charge is 0.338 e. The molecule has 0 radical (unpaired) electrons. The molecule has 1 fully saturated rings. The summed E-state index contributed by atoms with van der Waals surface area (Å²) < 4.78 is 31.0. The van der Waals surface area contributed by atoms with Crippen molar-refractivity contribution in [2.75, 3.05) is 29.9 Å². The molecule has 0 aliphatic carbocycles. The number of carbonyl (C=O) groups excluding carboxylic acids is 2. The molecule has 142 valence electrons. The number of benzene rings is 2. The van der Waals surface area contributed by atoms with Gasteiger partial charge in [-0.2, -0.15) is 0 Å². The molecule has 27 heavy (non-hydrogen) atoms. The van der Waals surface area contributed by atoms with Gasteiger partial charge in [0.05, 0.1) is 5.56 Å². The first-order valence-electron chi connectivity index (χ1n) is 8.79. The highest BCUT2D eigenvalue weighted by atomic mass is 19.1. The minimum Gasteiger partial charge on any atom is -0.452 e. The van der Waals surface area contributed by atoms with Crippen LogP contribution in [0.2, 0.25) is 0 Å². The zero-order valence-corrected chi connectivity index (χ0v) is 14.7. The van der Waals surface area contributed by atoms with E-state index in [0.717, 1.165) is 30.9 Å². The molecular formula is C20H20F2N2O3. The Morgan fingerprint density at radius 1 is 0.963 bits per heavy atom. The first-order valence-corrected chi connectivity index (χ1v) is 8.79. The summed E-state index contributed by atoms with van der Waals surface area (Å²) in [7, 11) is 0. The second-order valence-corrected chi connectivity index (χ2v) is 6.38. The normalized spacial score (nSPS) is 13.9. The second kappa shape index (κ2) is 8.62. The fourth-order valence-electron chi connectivity index (χ4n) is 2.99. The van der Waals surface area contributed by atoms with E-state index in [9.17, 15) is 18.4 Å². The Bertz CT molecular complexity index is 798. The van der Waals surface area contributed by atoms with E-state index >= 15 is 0 Å². The molecule has 0 spiro atoms. The lowest BCUT2D eigenvalue weighted by molar-refractivity contribution is -0.119. The quantitative estimate of drug-likeness (QED) is 0.810. The summed E-state index contributed by atoms with van der Waals surface area (Å²) in [6.07, 6.45) is 3.61. The summed E-state index contributed by atoms with van der Waals surface area (Å²) in [6, 6.07) is 9.78. The molecule has 0 unspecified atom stereocenters. The second-order valence-electron chi connectivity index (χ2n) is 6.38. The van der Waals surface area contributed by atoms with E-state index < -0.39 is 30.1 Å². The lowest BCUT2D eigenvalue weighted by Gasteiger charge is -2.28. The Hall–Kier alpha value is -2.96. The standard InChI is InChI=1S/C20H20F2N2O3/c21-15-10-14(11-16(22)12-15)20(26)27-13-19(25)23-17-4-6-18(7-5-17)24-8-2-1-3-9-24/h4-7,10-12H,1-3,8-9,13H2,(H,23,25). The highest BCUT2D eigenvalue weighted by Crippen LogP contribution is 2.21. The molecule has 0 saturated carbocycles. The van der Waals surface area contributed by atoms with Crippen molar-refractivity contribution in [3.8, 4) is 0 Å². The van der Waals surface area contributed by atoms with Gasteiger partial charge in [-0.25, -0.2) is 13.6 Å². The molecule has 0 aromatic heterocycles. The molecule has 1 amide bonds. The van der Waals surface area contributed by atoms with Gasteiger partial charge < -0.3 is 15.0 Å². The highest BCUT2D eigenvalue weighted by molar-refractivity contribution is 5.95. The van der Waals surface area contributed by atoms with Crippen LogP contribution in [0.5, 0.6) is 0 Å². The molecule has 1 saturated heterocycles. The van der Waals surface area contributed by atoms with Crippen LogP contribution in [-0.2, 0) is 9.53 Å². The van der Waals surface area contributed by atoms with E-state index in [1.54, 1.807) is 12.1 Å². The van der Waals surface area contributed by atoms with Crippen molar-refractivity contribution in [3.63, 3.8) is 0 Å².